The van der Waals surface area contributed by atoms with Crippen LogP contribution in [0.5, 0.6) is 0 Å². The minimum Gasteiger partial charge on any atom is -0.480 e. The van der Waals surface area contributed by atoms with E-state index in [1.807, 2.05) is 0 Å². The van der Waals surface area contributed by atoms with Gasteiger partial charge in [-0.1, -0.05) is 6.07 Å². The molecule has 0 bridgehead atoms. The molecule has 0 aromatic heterocycles. The standard InChI is InChI=1S/C16H20FNO5S/c1-10-3-4-13(11(2)15(10)17)18(9-14(19)20)16(21)12-5-7-24(22,23)8-6-12/h3-4,12H,5-9H2,1-2H3,(H,19,20). The monoisotopic (exact) mass is 357 g/mol. The SMILES string of the molecule is Cc1ccc(N(CC(=O)O)C(=O)C2CCS(=O)(=O)CC2)c(C)c1F. The number of benzene rings is 1. The average Bonchev–Trinajstić information content (AvgIpc) is 2.50. The number of carboxylic acid groups (broad SMARTS) is 1. The number of carbonyl (C=O) groups is 2. The number of carboxylic acids is 1. The van der Waals surface area contributed by atoms with Crippen LogP contribution in [-0.4, -0.2) is 43.5 Å². The van der Waals surface area contributed by atoms with Gasteiger partial charge in [-0.15, -0.1) is 0 Å². The Balaban J connectivity index is 2.34. The van der Waals surface area contributed by atoms with Crippen molar-refractivity contribution in [1.82, 2.24) is 0 Å². The smallest absolute Gasteiger partial charge is 0.323 e. The molecule has 1 aliphatic heterocycles. The summed E-state index contributed by atoms with van der Waals surface area (Å²) >= 11 is 0. The largest absolute Gasteiger partial charge is 0.480 e. The molecule has 132 valence electrons. The number of halogens is 1. The molecule has 0 aliphatic carbocycles. The van der Waals surface area contributed by atoms with Crippen LogP contribution < -0.4 is 4.90 Å². The highest BCUT2D eigenvalue weighted by molar-refractivity contribution is 7.91. The van der Waals surface area contributed by atoms with E-state index in [9.17, 15) is 22.4 Å². The topological polar surface area (TPSA) is 91.8 Å². The van der Waals surface area contributed by atoms with Gasteiger partial charge in [-0.2, -0.15) is 0 Å². The third-order valence-corrected chi connectivity index (χ3v) is 6.02. The summed E-state index contributed by atoms with van der Waals surface area (Å²) in [6.45, 7) is 2.48. The first kappa shape index (κ1) is 18.4. The second kappa shape index (κ2) is 6.88. The Bertz CT molecular complexity index is 761. The summed E-state index contributed by atoms with van der Waals surface area (Å²) in [5.41, 5.74) is 0.815. The Labute approximate surface area is 140 Å². The van der Waals surface area contributed by atoms with Gasteiger partial charge in [0.1, 0.15) is 22.2 Å². The highest BCUT2D eigenvalue weighted by Crippen LogP contribution is 2.29. The minimum atomic E-state index is -3.13. The van der Waals surface area contributed by atoms with Gasteiger partial charge in [-0.25, -0.2) is 12.8 Å². The Hall–Kier alpha value is -1.96. The van der Waals surface area contributed by atoms with Gasteiger partial charge in [0, 0.05) is 11.5 Å². The number of carbonyl (C=O) groups excluding carboxylic acids is 1. The lowest BCUT2D eigenvalue weighted by molar-refractivity contribution is -0.137. The summed E-state index contributed by atoms with van der Waals surface area (Å²) in [6.07, 6.45) is 0.315. The van der Waals surface area contributed by atoms with Crippen LogP contribution in [0.4, 0.5) is 10.1 Å². The molecular weight excluding hydrogens is 337 g/mol. The van der Waals surface area contributed by atoms with Crippen molar-refractivity contribution in [3.05, 3.63) is 29.1 Å². The van der Waals surface area contributed by atoms with E-state index in [0.29, 0.717) is 5.56 Å². The molecule has 0 radical (unpaired) electrons. The van der Waals surface area contributed by atoms with Crippen molar-refractivity contribution in [2.75, 3.05) is 23.0 Å². The normalized spacial score (nSPS) is 17.5. The van der Waals surface area contributed by atoms with E-state index in [0.717, 1.165) is 4.90 Å². The van der Waals surface area contributed by atoms with E-state index in [4.69, 9.17) is 5.11 Å². The van der Waals surface area contributed by atoms with Crippen molar-refractivity contribution in [2.45, 2.75) is 26.7 Å². The molecule has 1 aliphatic rings. The second-order valence-corrected chi connectivity index (χ2v) is 8.39. The molecule has 1 saturated heterocycles. The van der Waals surface area contributed by atoms with Crippen LogP contribution in [0.15, 0.2) is 12.1 Å². The number of nitrogens with zero attached hydrogens (tertiary/aromatic N) is 1. The summed E-state index contributed by atoms with van der Waals surface area (Å²) in [5.74, 6) is -2.93. The first-order chi connectivity index (χ1) is 11.1. The molecule has 1 aromatic carbocycles. The molecule has 0 unspecified atom stereocenters. The molecule has 1 amide bonds. The predicted molar refractivity (Wildman–Crippen MR) is 87.2 cm³/mol. The summed E-state index contributed by atoms with van der Waals surface area (Å²) < 4.78 is 37.1. The zero-order chi connectivity index (χ0) is 18.1. The number of sulfone groups is 1. The Morgan fingerprint density at radius 2 is 1.83 bits per heavy atom. The van der Waals surface area contributed by atoms with Gasteiger partial charge in [-0.05, 0) is 38.3 Å². The number of rotatable bonds is 4. The maximum Gasteiger partial charge on any atom is 0.323 e. The van der Waals surface area contributed by atoms with Gasteiger partial charge in [0.05, 0.1) is 17.2 Å². The molecule has 1 heterocycles. The van der Waals surface area contributed by atoms with Gasteiger partial charge in [0.25, 0.3) is 0 Å². The van der Waals surface area contributed by atoms with E-state index in [-0.39, 0.29) is 35.6 Å². The van der Waals surface area contributed by atoms with Crippen LogP contribution >= 0.6 is 0 Å². The fraction of sp³-hybridized carbons (Fsp3) is 0.500. The number of aryl methyl sites for hydroxylation is 1. The van der Waals surface area contributed by atoms with Gasteiger partial charge < -0.3 is 10.0 Å². The Morgan fingerprint density at radius 3 is 2.38 bits per heavy atom. The predicted octanol–water partition coefficient (Wildman–Crippen LogP) is 1.68. The molecule has 8 heteroatoms. The molecule has 0 atom stereocenters. The van der Waals surface area contributed by atoms with Crippen molar-refractivity contribution in [3.63, 3.8) is 0 Å². The molecule has 2 rings (SSSR count). The van der Waals surface area contributed by atoms with Crippen LogP contribution in [0, 0.1) is 25.6 Å². The highest BCUT2D eigenvalue weighted by Gasteiger charge is 2.33. The third kappa shape index (κ3) is 3.92. The Morgan fingerprint density at radius 1 is 1.25 bits per heavy atom. The van der Waals surface area contributed by atoms with Crippen molar-refractivity contribution < 1.29 is 27.5 Å². The van der Waals surface area contributed by atoms with Crippen LogP contribution in [0.3, 0.4) is 0 Å². The summed E-state index contributed by atoms with van der Waals surface area (Å²) in [7, 11) is -3.13. The van der Waals surface area contributed by atoms with E-state index in [1.165, 1.54) is 19.1 Å². The van der Waals surface area contributed by atoms with Crippen molar-refractivity contribution in [3.8, 4) is 0 Å². The van der Waals surface area contributed by atoms with Crippen LogP contribution in [0.1, 0.15) is 24.0 Å². The van der Waals surface area contributed by atoms with Crippen LogP contribution in [0.25, 0.3) is 0 Å². The van der Waals surface area contributed by atoms with Gasteiger partial charge in [-0.3, -0.25) is 9.59 Å². The first-order valence-corrected chi connectivity index (χ1v) is 9.44. The maximum atomic E-state index is 14.1. The summed E-state index contributed by atoms with van der Waals surface area (Å²) in [4.78, 5) is 24.9. The average molecular weight is 357 g/mol. The van der Waals surface area contributed by atoms with Crippen molar-refractivity contribution in [2.24, 2.45) is 5.92 Å². The van der Waals surface area contributed by atoms with Gasteiger partial charge in [0.15, 0.2) is 0 Å². The molecule has 0 saturated carbocycles. The third-order valence-electron chi connectivity index (χ3n) is 4.30. The Kier molecular flexibility index (Phi) is 5.27. The quantitative estimate of drug-likeness (QED) is 0.885. The second-order valence-electron chi connectivity index (χ2n) is 6.08. The molecule has 6 nitrogen and oxygen atoms in total. The van der Waals surface area contributed by atoms with Crippen molar-refractivity contribution >= 4 is 27.4 Å². The van der Waals surface area contributed by atoms with E-state index in [2.05, 4.69) is 0 Å². The highest BCUT2D eigenvalue weighted by atomic mass is 32.2. The van der Waals surface area contributed by atoms with Crippen LogP contribution in [-0.2, 0) is 19.4 Å². The zero-order valence-corrected chi connectivity index (χ0v) is 14.4. The number of amides is 1. The number of hydrogen-bond donors (Lipinski definition) is 1. The number of anilines is 1. The summed E-state index contributed by atoms with van der Waals surface area (Å²) in [6, 6.07) is 3.01. The van der Waals surface area contributed by atoms with E-state index >= 15 is 0 Å². The molecule has 0 spiro atoms. The van der Waals surface area contributed by atoms with Gasteiger partial charge in [0.2, 0.25) is 5.91 Å². The number of aliphatic carboxylic acids is 1. The fourth-order valence-electron chi connectivity index (χ4n) is 2.88. The van der Waals surface area contributed by atoms with Gasteiger partial charge >= 0.3 is 5.97 Å². The minimum absolute atomic E-state index is 0.0917. The van der Waals surface area contributed by atoms with E-state index < -0.39 is 40.0 Å². The zero-order valence-electron chi connectivity index (χ0n) is 13.6. The molecule has 1 fully saturated rings. The molecule has 1 aromatic rings. The molecule has 1 N–H and O–H groups in total. The summed E-state index contributed by atoms with van der Waals surface area (Å²) in [5, 5.41) is 9.11. The molecular formula is C16H20FNO5S. The lowest BCUT2D eigenvalue weighted by Gasteiger charge is -2.29. The van der Waals surface area contributed by atoms with Crippen molar-refractivity contribution in [1.29, 1.82) is 0 Å². The lowest BCUT2D eigenvalue weighted by atomic mass is 9.99. The fourth-order valence-corrected chi connectivity index (χ4v) is 4.37. The lowest BCUT2D eigenvalue weighted by Crippen LogP contribution is -2.42. The molecule has 24 heavy (non-hydrogen) atoms. The first-order valence-electron chi connectivity index (χ1n) is 7.61. The van der Waals surface area contributed by atoms with Crippen LogP contribution in [0.2, 0.25) is 0 Å². The number of hydrogen-bond acceptors (Lipinski definition) is 4. The maximum absolute atomic E-state index is 14.1. The van der Waals surface area contributed by atoms with E-state index in [1.54, 1.807) is 6.92 Å².